The van der Waals surface area contributed by atoms with Crippen LogP contribution in [-0.4, -0.2) is 24.9 Å². The summed E-state index contributed by atoms with van der Waals surface area (Å²) in [5.41, 5.74) is 1.28. The Morgan fingerprint density at radius 1 is 1.25 bits per heavy atom. The number of amides is 2. The van der Waals surface area contributed by atoms with E-state index in [2.05, 4.69) is 21.9 Å². The highest BCUT2D eigenvalue weighted by atomic mass is 16.2. The molecule has 0 aromatic heterocycles. The average molecular weight is 273 g/mol. The van der Waals surface area contributed by atoms with Crippen LogP contribution >= 0.6 is 0 Å². The largest absolute Gasteiger partial charge is 0.326 e. The summed E-state index contributed by atoms with van der Waals surface area (Å²) >= 11 is 0. The van der Waals surface area contributed by atoms with Gasteiger partial charge in [0.2, 0.25) is 11.8 Å². The second-order valence-electron chi connectivity index (χ2n) is 4.58. The molecule has 1 aromatic carbocycles. The van der Waals surface area contributed by atoms with Gasteiger partial charge < -0.3 is 10.6 Å². The number of anilines is 2. The van der Waals surface area contributed by atoms with Gasteiger partial charge in [0.05, 0.1) is 13.1 Å². The molecule has 0 aliphatic rings. The van der Waals surface area contributed by atoms with Crippen molar-refractivity contribution in [2.45, 2.75) is 13.8 Å². The van der Waals surface area contributed by atoms with Crippen molar-refractivity contribution in [2.24, 2.45) is 5.92 Å². The lowest BCUT2D eigenvalue weighted by molar-refractivity contribution is -0.119. The lowest BCUT2D eigenvalue weighted by Crippen LogP contribution is -2.28. The third kappa shape index (κ3) is 5.55. The van der Waals surface area contributed by atoms with Crippen LogP contribution < -0.4 is 16.0 Å². The highest BCUT2D eigenvalue weighted by Gasteiger charge is 2.08. The lowest BCUT2D eigenvalue weighted by Gasteiger charge is -2.10. The van der Waals surface area contributed by atoms with Crippen LogP contribution in [0.2, 0.25) is 0 Å². The quantitative estimate of drug-likeness (QED) is 0.542. The smallest absolute Gasteiger partial charge is 0.238 e. The Labute approximate surface area is 119 Å². The molecular weight excluding hydrogens is 254 g/mol. The number of hydrogen-bond donors (Lipinski definition) is 3. The Kier molecular flexibility index (Phi) is 6.27. The van der Waals surface area contributed by atoms with Gasteiger partial charge in [0.15, 0.2) is 0 Å². The summed E-state index contributed by atoms with van der Waals surface area (Å²) in [6.07, 6.45) is 5.07. The minimum absolute atomic E-state index is 0.0656. The summed E-state index contributed by atoms with van der Waals surface area (Å²) in [6, 6.07) is 7.00. The Morgan fingerprint density at radius 3 is 2.50 bits per heavy atom. The molecule has 20 heavy (non-hydrogen) atoms. The average Bonchev–Trinajstić information content (AvgIpc) is 2.39. The number of carbonyl (C=O) groups is 2. The van der Waals surface area contributed by atoms with Gasteiger partial charge in [0, 0.05) is 17.3 Å². The first-order valence-electron chi connectivity index (χ1n) is 6.38. The van der Waals surface area contributed by atoms with Crippen molar-refractivity contribution >= 4 is 23.2 Å². The molecule has 0 heterocycles. The summed E-state index contributed by atoms with van der Waals surface area (Å²) < 4.78 is 0. The topological polar surface area (TPSA) is 70.2 Å². The molecule has 1 aromatic rings. The molecule has 0 radical (unpaired) electrons. The van der Waals surface area contributed by atoms with Gasteiger partial charge >= 0.3 is 0 Å². The maximum absolute atomic E-state index is 11.6. The predicted molar refractivity (Wildman–Crippen MR) is 80.2 cm³/mol. The van der Waals surface area contributed by atoms with Gasteiger partial charge in [0.25, 0.3) is 0 Å². The van der Waals surface area contributed by atoms with Gasteiger partial charge in [0.1, 0.15) is 0 Å². The monoisotopic (exact) mass is 273 g/mol. The molecule has 1 rings (SSSR count). The second-order valence-corrected chi connectivity index (χ2v) is 4.58. The van der Waals surface area contributed by atoms with Gasteiger partial charge in [-0.15, -0.1) is 6.42 Å². The van der Waals surface area contributed by atoms with Crippen molar-refractivity contribution < 1.29 is 9.59 Å². The first kappa shape index (κ1) is 15.7. The number of carbonyl (C=O) groups excluding carboxylic acids is 2. The molecule has 0 fully saturated rings. The molecule has 0 spiro atoms. The standard InChI is InChI=1S/C15H19N3O2/c1-4-8-16-10-14(19)17-12-6-5-7-13(9-12)18-15(20)11(2)3/h1,5-7,9,11,16H,8,10H2,2-3H3,(H,17,19)(H,18,20). The van der Waals surface area contributed by atoms with Crippen LogP contribution in [0.4, 0.5) is 11.4 Å². The molecule has 0 aliphatic carbocycles. The molecule has 0 unspecified atom stereocenters. The number of benzene rings is 1. The second kappa shape index (κ2) is 7.97. The van der Waals surface area contributed by atoms with Crippen LogP contribution in [-0.2, 0) is 9.59 Å². The Morgan fingerprint density at radius 2 is 1.90 bits per heavy atom. The van der Waals surface area contributed by atoms with Crippen molar-refractivity contribution in [1.29, 1.82) is 0 Å². The summed E-state index contributed by atoms with van der Waals surface area (Å²) in [7, 11) is 0. The molecule has 0 saturated carbocycles. The third-order valence-electron chi connectivity index (χ3n) is 2.45. The van der Waals surface area contributed by atoms with E-state index in [0.29, 0.717) is 17.9 Å². The minimum atomic E-state index is -0.187. The third-order valence-corrected chi connectivity index (χ3v) is 2.45. The van der Waals surface area contributed by atoms with Crippen molar-refractivity contribution in [3.05, 3.63) is 24.3 Å². The van der Waals surface area contributed by atoms with Crippen LogP contribution in [0.15, 0.2) is 24.3 Å². The van der Waals surface area contributed by atoms with E-state index in [-0.39, 0.29) is 24.3 Å². The first-order chi connectivity index (χ1) is 9.52. The van der Waals surface area contributed by atoms with Crippen LogP contribution in [0.25, 0.3) is 0 Å². The highest BCUT2D eigenvalue weighted by Crippen LogP contribution is 2.15. The molecule has 2 amide bonds. The van der Waals surface area contributed by atoms with E-state index in [4.69, 9.17) is 6.42 Å². The fourth-order valence-corrected chi connectivity index (χ4v) is 1.41. The summed E-state index contributed by atoms with van der Waals surface area (Å²) in [4.78, 5) is 23.2. The first-order valence-corrected chi connectivity index (χ1v) is 6.38. The Balaban J connectivity index is 2.57. The van der Waals surface area contributed by atoms with E-state index in [0.717, 1.165) is 0 Å². The molecule has 5 heteroatoms. The normalized spacial score (nSPS) is 9.90. The SMILES string of the molecule is C#CCNCC(=O)Nc1cccc(NC(=O)C(C)C)c1. The fraction of sp³-hybridized carbons (Fsp3) is 0.333. The Bertz CT molecular complexity index is 518. The van der Waals surface area contributed by atoms with E-state index in [1.165, 1.54) is 0 Å². The van der Waals surface area contributed by atoms with Crippen molar-refractivity contribution in [1.82, 2.24) is 5.32 Å². The van der Waals surface area contributed by atoms with E-state index < -0.39 is 0 Å². The zero-order chi connectivity index (χ0) is 15.0. The summed E-state index contributed by atoms with van der Waals surface area (Å²) in [6.45, 7) is 4.13. The van der Waals surface area contributed by atoms with Crippen molar-refractivity contribution in [3.63, 3.8) is 0 Å². The summed E-state index contributed by atoms with van der Waals surface area (Å²) in [5.74, 6) is 2.04. The van der Waals surface area contributed by atoms with Gasteiger partial charge in [-0.25, -0.2) is 0 Å². The van der Waals surface area contributed by atoms with Crippen molar-refractivity contribution in [3.8, 4) is 12.3 Å². The molecule has 0 bridgehead atoms. The van der Waals surface area contributed by atoms with Crippen molar-refractivity contribution in [2.75, 3.05) is 23.7 Å². The summed E-state index contributed by atoms with van der Waals surface area (Å²) in [5, 5.41) is 8.30. The highest BCUT2D eigenvalue weighted by molar-refractivity contribution is 5.95. The fourth-order valence-electron chi connectivity index (χ4n) is 1.41. The van der Waals surface area contributed by atoms with E-state index in [1.54, 1.807) is 24.3 Å². The molecule has 5 nitrogen and oxygen atoms in total. The van der Waals surface area contributed by atoms with Gasteiger partial charge in [-0.3, -0.25) is 14.9 Å². The molecule has 3 N–H and O–H groups in total. The van der Waals surface area contributed by atoms with Gasteiger partial charge in [-0.2, -0.15) is 0 Å². The zero-order valence-electron chi connectivity index (χ0n) is 11.7. The van der Waals surface area contributed by atoms with E-state index in [9.17, 15) is 9.59 Å². The molecular formula is C15H19N3O2. The number of terminal acetylenes is 1. The van der Waals surface area contributed by atoms with Crippen LogP contribution in [0.1, 0.15) is 13.8 Å². The zero-order valence-corrected chi connectivity index (χ0v) is 11.7. The van der Waals surface area contributed by atoms with Crippen LogP contribution in [0, 0.1) is 18.3 Å². The molecule has 0 aliphatic heterocycles. The molecule has 106 valence electrons. The van der Waals surface area contributed by atoms with Crippen LogP contribution in [0.5, 0.6) is 0 Å². The van der Waals surface area contributed by atoms with Gasteiger partial charge in [-0.05, 0) is 18.2 Å². The minimum Gasteiger partial charge on any atom is -0.326 e. The number of hydrogen-bond acceptors (Lipinski definition) is 3. The Hall–Kier alpha value is -2.32. The maximum Gasteiger partial charge on any atom is 0.238 e. The number of nitrogens with one attached hydrogen (secondary N) is 3. The van der Waals surface area contributed by atoms with E-state index >= 15 is 0 Å². The predicted octanol–water partition coefficient (Wildman–Crippen LogP) is 1.44. The number of rotatable bonds is 6. The van der Waals surface area contributed by atoms with Gasteiger partial charge in [-0.1, -0.05) is 25.8 Å². The lowest BCUT2D eigenvalue weighted by atomic mass is 10.2. The molecule has 0 atom stereocenters. The van der Waals surface area contributed by atoms with Crippen LogP contribution in [0.3, 0.4) is 0 Å². The molecule has 0 saturated heterocycles. The maximum atomic E-state index is 11.6. The van der Waals surface area contributed by atoms with E-state index in [1.807, 2.05) is 13.8 Å².